The summed E-state index contributed by atoms with van der Waals surface area (Å²) in [4.78, 5) is 52.1. The summed E-state index contributed by atoms with van der Waals surface area (Å²) in [5.41, 5.74) is -3.00. The number of phenolic OH excluding ortho intramolecular Hbond substituents is 1. The summed E-state index contributed by atoms with van der Waals surface area (Å²) in [6, 6.07) is 0.760. The van der Waals surface area contributed by atoms with Crippen molar-refractivity contribution in [2.75, 3.05) is 21.3 Å². The molecule has 0 spiro atoms. The van der Waals surface area contributed by atoms with E-state index < -0.39 is 37.6 Å². The van der Waals surface area contributed by atoms with Crippen LogP contribution < -0.4 is 0 Å². The number of benzene rings is 1. The van der Waals surface area contributed by atoms with Crippen LogP contribution in [-0.4, -0.2) is 70.1 Å². The molecule has 0 radical (unpaired) electrons. The number of likely N-dealkylation sites (N-methyl/N-ethyl adjacent to an activating group) is 1. The van der Waals surface area contributed by atoms with Crippen molar-refractivity contribution in [1.82, 2.24) is 4.90 Å². The van der Waals surface area contributed by atoms with Crippen LogP contribution in [0.2, 0.25) is 0 Å². The molecule has 1 aliphatic heterocycles. The van der Waals surface area contributed by atoms with Gasteiger partial charge in [0.25, 0.3) is 11.4 Å². The van der Waals surface area contributed by atoms with E-state index in [1.165, 1.54) is 14.2 Å². The van der Waals surface area contributed by atoms with Crippen LogP contribution in [0.25, 0.3) is 0 Å². The number of nitrogens with zero attached hydrogens (tertiary/aromatic N) is 4. The molecule has 170 valence electrons. The van der Waals surface area contributed by atoms with Crippen molar-refractivity contribution < 1.29 is 38.9 Å². The summed E-state index contributed by atoms with van der Waals surface area (Å²) in [6.07, 6.45) is 1.90. The molecule has 15 heteroatoms. The average Bonchev–Trinajstić information content (AvgIpc) is 3.07. The predicted octanol–water partition coefficient (Wildman–Crippen LogP) is 1.30. The van der Waals surface area contributed by atoms with Crippen molar-refractivity contribution in [2.24, 2.45) is 0 Å². The minimum Gasteiger partial charge on any atom is -0.497 e. The van der Waals surface area contributed by atoms with Gasteiger partial charge in [-0.05, 0) is 19.9 Å². The first-order valence-corrected chi connectivity index (χ1v) is 8.61. The second-order valence-electron chi connectivity index (χ2n) is 6.32. The zero-order valence-electron chi connectivity index (χ0n) is 16.7. The lowest BCUT2D eigenvalue weighted by atomic mass is 10.1. The monoisotopic (exact) mass is 444 g/mol. The molecule has 1 saturated heterocycles. The minimum atomic E-state index is -1.21. The quantitative estimate of drug-likeness (QED) is 0.374. The van der Waals surface area contributed by atoms with Gasteiger partial charge < -0.3 is 14.6 Å². The predicted molar refractivity (Wildman–Crippen MR) is 101 cm³/mol. The number of carbonyl (C=O) groups excluding carboxylic acids is 2. The molecule has 0 aliphatic carbocycles. The SMILES string of the molecule is COC(=O)CC1CC[C@@H](C(=O)OC)N1C.O=[N+]([O-])c1cc([N+](=O)[O-])c(O)c([N+](=O)[O-])c1. The van der Waals surface area contributed by atoms with Gasteiger partial charge >= 0.3 is 23.3 Å². The zero-order chi connectivity index (χ0) is 23.9. The van der Waals surface area contributed by atoms with Gasteiger partial charge in [0.15, 0.2) is 0 Å². The molecule has 2 atom stereocenters. The maximum Gasteiger partial charge on any atom is 0.324 e. The van der Waals surface area contributed by atoms with E-state index in [-0.39, 0.29) is 24.0 Å². The standard InChI is InChI=1S/C10H17NO4.C6H3N3O7/c1-11-7(6-9(12)14-2)4-5-8(11)10(13)15-3;10-6-4(8(13)14)1-3(7(11)12)2-5(6)9(15)16/h7-8H,4-6H2,1-3H3;1-2,10H/t7?,8-;/m0./s1. The highest BCUT2D eigenvalue weighted by atomic mass is 16.6. The summed E-state index contributed by atoms with van der Waals surface area (Å²) in [7, 11) is 4.58. The maximum atomic E-state index is 11.3. The van der Waals surface area contributed by atoms with Crippen LogP contribution >= 0.6 is 0 Å². The molecule has 1 N–H and O–H groups in total. The fourth-order valence-corrected chi connectivity index (χ4v) is 2.93. The van der Waals surface area contributed by atoms with Crippen LogP contribution in [0, 0.1) is 30.3 Å². The first kappa shape index (κ1) is 25.2. The highest BCUT2D eigenvalue weighted by Gasteiger charge is 2.36. The number of ether oxygens (including phenoxy) is 2. The van der Waals surface area contributed by atoms with E-state index in [0.717, 1.165) is 12.8 Å². The lowest BCUT2D eigenvalue weighted by molar-refractivity contribution is -0.404. The number of rotatable bonds is 6. The van der Waals surface area contributed by atoms with Crippen molar-refractivity contribution in [1.29, 1.82) is 0 Å². The first-order chi connectivity index (χ1) is 14.4. The van der Waals surface area contributed by atoms with Crippen molar-refractivity contribution in [3.05, 3.63) is 42.5 Å². The van der Waals surface area contributed by atoms with Gasteiger partial charge in [-0.3, -0.25) is 44.8 Å². The fraction of sp³-hybridized carbons (Fsp3) is 0.500. The van der Waals surface area contributed by atoms with Gasteiger partial charge in [-0.1, -0.05) is 0 Å². The van der Waals surface area contributed by atoms with Gasteiger partial charge in [-0.25, -0.2) is 0 Å². The third-order valence-electron chi connectivity index (χ3n) is 4.60. The number of carbonyl (C=O) groups is 2. The van der Waals surface area contributed by atoms with Crippen LogP contribution in [0.1, 0.15) is 19.3 Å². The topological polar surface area (TPSA) is 205 Å². The number of non-ortho nitro benzene ring substituents is 1. The van der Waals surface area contributed by atoms with E-state index in [4.69, 9.17) is 5.11 Å². The summed E-state index contributed by atoms with van der Waals surface area (Å²) in [5, 5.41) is 40.2. The van der Waals surface area contributed by atoms with Gasteiger partial charge in [0, 0.05) is 6.04 Å². The zero-order valence-corrected chi connectivity index (χ0v) is 16.7. The number of hydrogen-bond donors (Lipinski definition) is 1. The van der Waals surface area contributed by atoms with E-state index in [0.29, 0.717) is 18.6 Å². The molecule has 0 bridgehead atoms. The number of aromatic hydroxyl groups is 1. The van der Waals surface area contributed by atoms with E-state index >= 15 is 0 Å². The van der Waals surface area contributed by atoms with Crippen LogP contribution in [0.4, 0.5) is 17.1 Å². The summed E-state index contributed by atoms with van der Waals surface area (Å²) in [6.45, 7) is 0. The molecule has 31 heavy (non-hydrogen) atoms. The molecule has 1 heterocycles. The molecule has 1 fully saturated rings. The Morgan fingerprint density at radius 3 is 1.94 bits per heavy atom. The van der Waals surface area contributed by atoms with Gasteiger partial charge in [0.05, 0.1) is 47.5 Å². The van der Waals surface area contributed by atoms with Crippen LogP contribution in [0.3, 0.4) is 0 Å². The number of methoxy groups -OCH3 is 2. The van der Waals surface area contributed by atoms with E-state index in [1.807, 2.05) is 11.9 Å². The fourth-order valence-electron chi connectivity index (χ4n) is 2.93. The maximum absolute atomic E-state index is 11.3. The number of esters is 2. The van der Waals surface area contributed by atoms with Crippen LogP contribution in [0.15, 0.2) is 12.1 Å². The Labute approximate surface area is 174 Å². The van der Waals surface area contributed by atoms with E-state index in [2.05, 4.69) is 9.47 Å². The van der Waals surface area contributed by atoms with E-state index in [1.54, 1.807) is 0 Å². The Kier molecular flexibility index (Phi) is 8.74. The van der Waals surface area contributed by atoms with Gasteiger partial charge in [0.1, 0.15) is 6.04 Å². The first-order valence-electron chi connectivity index (χ1n) is 8.61. The molecule has 2 rings (SSSR count). The Balaban J connectivity index is 0.000000311. The highest BCUT2D eigenvalue weighted by molar-refractivity contribution is 5.76. The average molecular weight is 444 g/mol. The van der Waals surface area contributed by atoms with Gasteiger partial charge in [-0.2, -0.15) is 0 Å². The lowest BCUT2D eigenvalue weighted by Gasteiger charge is -2.23. The summed E-state index contributed by atoms with van der Waals surface area (Å²) in [5.74, 6) is -1.68. The Morgan fingerprint density at radius 1 is 1.03 bits per heavy atom. The number of nitro groups is 3. The molecule has 0 aromatic heterocycles. The Hall–Kier alpha value is -3.88. The lowest BCUT2D eigenvalue weighted by Crippen LogP contribution is -2.39. The van der Waals surface area contributed by atoms with Crippen molar-refractivity contribution in [3.8, 4) is 5.75 Å². The highest BCUT2D eigenvalue weighted by Crippen LogP contribution is 2.38. The number of likely N-dealkylation sites (tertiary alicyclic amines) is 1. The second-order valence-corrected chi connectivity index (χ2v) is 6.32. The summed E-state index contributed by atoms with van der Waals surface area (Å²) >= 11 is 0. The molecule has 1 aliphatic rings. The normalized spacial score (nSPS) is 17.8. The molecule has 1 aromatic carbocycles. The Morgan fingerprint density at radius 2 is 1.55 bits per heavy atom. The molecular formula is C16H20N4O11. The minimum absolute atomic E-state index is 0.0848. The van der Waals surface area contributed by atoms with Crippen LogP contribution in [-0.2, 0) is 19.1 Å². The molecule has 0 amide bonds. The second kappa shape index (κ2) is 10.8. The van der Waals surface area contributed by atoms with Gasteiger partial charge in [-0.15, -0.1) is 0 Å². The number of hydrogen-bond acceptors (Lipinski definition) is 12. The molecule has 0 saturated carbocycles. The smallest absolute Gasteiger partial charge is 0.324 e. The summed E-state index contributed by atoms with van der Waals surface area (Å²) < 4.78 is 9.29. The molecule has 1 aromatic rings. The van der Waals surface area contributed by atoms with Gasteiger partial charge in [0.2, 0.25) is 0 Å². The van der Waals surface area contributed by atoms with Crippen molar-refractivity contribution >= 4 is 29.0 Å². The number of phenols is 1. The largest absolute Gasteiger partial charge is 0.497 e. The van der Waals surface area contributed by atoms with Crippen LogP contribution in [0.5, 0.6) is 5.75 Å². The molecule has 15 nitrogen and oxygen atoms in total. The number of nitro benzene ring substituents is 3. The van der Waals surface area contributed by atoms with Crippen molar-refractivity contribution in [3.63, 3.8) is 0 Å². The third-order valence-corrected chi connectivity index (χ3v) is 4.60. The Bertz CT molecular complexity index is 853. The third kappa shape index (κ3) is 6.30. The molecular weight excluding hydrogens is 424 g/mol. The molecule has 1 unspecified atom stereocenters. The van der Waals surface area contributed by atoms with E-state index in [9.17, 15) is 39.9 Å². The van der Waals surface area contributed by atoms with Crippen molar-refractivity contribution in [2.45, 2.75) is 31.3 Å².